The Bertz CT molecular complexity index is 295. The average molecular weight is 260 g/mol. The van der Waals surface area contributed by atoms with Crippen LogP contribution in [0.4, 0.5) is 0 Å². The van der Waals surface area contributed by atoms with Gasteiger partial charge in [0.05, 0.1) is 6.61 Å². The van der Waals surface area contributed by atoms with Crippen LogP contribution in [0.2, 0.25) is 0 Å². The Morgan fingerprint density at radius 3 is 2.18 bits per heavy atom. The predicted octanol–water partition coefficient (Wildman–Crippen LogP) is 2.16. The monoisotopic (exact) mass is 260 g/mol. The molecule has 5 heteroatoms. The maximum atomic E-state index is 11.8. The summed E-state index contributed by atoms with van der Waals surface area (Å²) in [5, 5.41) is -0.448. The lowest BCUT2D eigenvalue weighted by Gasteiger charge is -2.21. The molecular formula is C12H20O4S. The van der Waals surface area contributed by atoms with Gasteiger partial charge in [0.1, 0.15) is 16.1 Å². The summed E-state index contributed by atoms with van der Waals surface area (Å²) in [4.78, 5) is 23.3. The molecule has 0 bridgehead atoms. The van der Waals surface area contributed by atoms with Crippen LogP contribution < -0.4 is 0 Å². The second-order valence-electron chi connectivity index (χ2n) is 4.98. The molecule has 1 aliphatic heterocycles. The molecule has 0 aliphatic carbocycles. The Kier molecular flexibility index (Phi) is 4.86. The Balaban J connectivity index is 2.45. The zero-order chi connectivity index (χ0) is 13.1. The Labute approximate surface area is 106 Å². The lowest BCUT2D eigenvalue weighted by atomic mass is 10.1. The Hall–Kier alpha value is -0.710. The van der Waals surface area contributed by atoms with Crippen LogP contribution in [0, 0.1) is 0 Å². The quantitative estimate of drug-likeness (QED) is 0.728. The van der Waals surface area contributed by atoms with Gasteiger partial charge in [-0.3, -0.25) is 9.59 Å². The molecule has 98 valence electrons. The van der Waals surface area contributed by atoms with Crippen LogP contribution in [0.5, 0.6) is 0 Å². The minimum absolute atomic E-state index is 0.215. The fourth-order valence-corrected chi connectivity index (χ4v) is 2.87. The topological polar surface area (TPSA) is 52.6 Å². The highest BCUT2D eigenvalue weighted by Crippen LogP contribution is 2.35. The summed E-state index contributed by atoms with van der Waals surface area (Å²) in [6.07, 6.45) is 1.37. The van der Waals surface area contributed by atoms with Gasteiger partial charge in [0.2, 0.25) is 0 Å². The third-order valence-electron chi connectivity index (χ3n) is 2.24. The van der Waals surface area contributed by atoms with Crippen LogP contribution in [-0.2, 0) is 19.1 Å². The molecule has 0 aromatic carbocycles. The van der Waals surface area contributed by atoms with Gasteiger partial charge in [-0.2, -0.15) is 0 Å². The van der Waals surface area contributed by atoms with Crippen LogP contribution in [0.3, 0.4) is 0 Å². The number of thioether (sulfide) groups is 1. The van der Waals surface area contributed by atoms with E-state index in [4.69, 9.17) is 9.47 Å². The van der Waals surface area contributed by atoms with Crippen molar-refractivity contribution in [3.05, 3.63) is 0 Å². The van der Waals surface area contributed by atoms with Gasteiger partial charge in [0.25, 0.3) is 0 Å². The van der Waals surface area contributed by atoms with Crippen molar-refractivity contribution in [2.75, 3.05) is 6.61 Å². The minimum atomic E-state index is -0.473. The summed E-state index contributed by atoms with van der Waals surface area (Å²) in [6, 6.07) is 0. The van der Waals surface area contributed by atoms with Crippen molar-refractivity contribution >= 4 is 23.7 Å². The van der Waals surface area contributed by atoms with Gasteiger partial charge < -0.3 is 9.47 Å². The molecule has 1 heterocycles. The highest BCUT2D eigenvalue weighted by Gasteiger charge is 2.37. The Morgan fingerprint density at radius 1 is 1.18 bits per heavy atom. The van der Waals surface area contributed by atoms with Gasteiger partial charge in [0.15, 0.2) is 0 Å². The van der Waals surface area contributed by atoms with Crippen molar-refractivity contribution in [2.45, 2.75) is 56.6 Å². The first-order valence-electron chi connectivity index (χ1n) is 5.88. The van der Waals surface area contributed by atoms with Crippen LogP contribution >= 0.6 is 11.8 Å². The standard InChI is InChI=1S/C12H20O4S/c1-5-15-10(13)8-6-7-9(17-8)11(14)16-12(2,3)4/h8-9H,5-7H2,1-4H3/t8-,9+/m1/s1. The van der Waals surface area contributed by atoms with E-state index in [1.165, 1.54) is 11.8 Å². The molecule has 1 rings (SSSR count). The van der Waals surface area contributed by atoms with E-state index in [1.54, 1.807) is 6.92 Å². The maximum absolute atomic E-state index is 11.8. The second-order valence-corrected chi connectivity index (χ2v) is 6.39. The second kappa shape index (κ2) is 5.76. The molecule has 2 atom stereocenters. The maximum Gasteiger partial charge on any atom is 0.319 e. The lowest BCUT2D eigenvalue weighted by Crippen LogP contribution is -2.29. The van der Waals surface area contributed by atoms with E-state index in [-0.39, 0.29) is 22.4 Å². The molecule has 1 saturated heterocycles. The van der Waals surface area contributed by atoms with Gasteiger partial charge in [-0.25, -0.2) is 0 Å². The molecule has 1 fully saturated rings. The molecule has 0 N–H and O–H groups in total. The average Bonchev–Trinajstić information content (AvgIpc) is 2.63. The number of rotatable bonds is 3. The number of carbonyl (C=O) groups excluding carboxylic acids is 2. The van der Waals surface area contributed by atoms with Gasteiger partial charge in [-0.15, -0.1) is 11.8 Å². The molecule has 0 aromatic rings. The van der Waals surface area contributed by atoms with Crippen molar-refractivity contribution in [2.24, 2.45) is 0 Å². The van der Waals surface area contributed by atoms with E-state index < -0.39 is 5.60 Å². The van der Waals surface area contributed by atoms with Gasteiger partial charge >= 0.3 is 11.9 Å². The van der Waals surface area contributed by atoms with Gasteiger partial charge in [-0.05, 0) is 40.5 Å². The zero-order valence-corrected chi connectivity index (χ0v) is 11.6. The summed E-state index contributed by atoms with van der Waals surface area (Å²) < 4.78 is 10.2. The van der Waals surface area contributed by atoms with Gasteiger partial charge in [-0.1, -0.05) is 0 Å². The smallest absolute Gasteiger partial charge is 0.319 e. The number of esters is 2. The van der Waals surface area contributed by atoms with Crippen molar-refractivity contribution in [1.82, 2.24) is 0 Å². The first-order valence-corrected chi connectivity index (χ1v) is 6.82. The number of hydrogen-bond acceptors (Lipinski definition) is 5. The number of carbonyl (C=O) groups is 2. The molecule has 0 amide bonds. The summed E-state index contributed by atoms with van der Waals surface area (Å²) in [5.41, 5.74) is -0.473. The summed E-state index contributed by atoms with van der Waals surface area (Å²) >= 11 is 1.36. The highest BCUT2D eigenvalue weighted by molar-refractivity contribution is 8.02. The van der Waals surface area contributed by atoms with Crippen LogP contribution in [-0.4, -0.2) is 34.6 Å². The molecule has 0 unspecified atom stereocenters. The third kappa shape index (κ3) is 4.58. The van der Waals surface area contributed by atoms with E-state index in [1.807, 2.05) is 20.8 Å². The molecule has 0 radical (unpaired) electrons. The largest absolute Gasteiger partial charge is 0.465 e. The van der Waals surface area contributed by atoms with Gasteiger partial charge in [0, 0.05) is 0 Å². The lowest BCUT2D eigenvalue weighted by molar-refractivity contribution is -0.154. The van der Waals surface area contributed by atoms with E-state index in [0.717, 1.165) is 0 Å². The number of ether oxygens (including phenoxy) is 2. The SMILES string of the molecule is CCOC(=O)[C@H]1CC[C@@H](C(=O)OC(C)(C)C)S1. The predicted molar refractivity (Wildman–Crippen MR) is 66.9 cm³/mol. The summed E-state index contributed by atoms with van der Waals surface area (Å²) in [5.74, 6) is -0.446. The minimum Gasteiger partial charge on any atom is -0.465 e. The molecule has 0 aromatic heterocycles. The molecule has 4 nitrogen and oxygen atoms in total. The van der Waals surface area contributed by atoms with Crippen molar-refractivity contribution in [1.29, 1.82) is 0 Å². The normalized spacial score (nSPS) is 24.5. The molecule has 0 spiro atoms. The van der Waals surface area contributed by atoms with Crippen LogP contribution in [0.25, 0.3) is 0 Å². The van der Waals surface area contributed by atoms with Crippen molar-refractivity contribution < 1.29 is 19.1 Å². The van der Waals surface area contributed by atoms with E-state index in [9.17, 15) is 9.59 Å². The molecule has 17 heavy (non-hydrogen) atoms. The summed E-state index contributed by atoms with van der Waals surface area (Å²) in [7, 11) is 0. The first-order chi connectivity index (χ1) is 7.83. The summed E-state index contributed by atoms with van der Waals surface area (Å²) in [6.45, 7) is 7.68. The zero-order valence-electron chi connectivity index (χ0n) is 10.8. The van der Waals surface area contributed by atoms with Crippen LogP contribution in [0.15, 0.2) is 0 Å². The highest BCUT2D eigenvalue weighted by atomic mass is 32.2. The molecule has 1 aliphatic rings. The third-order valence-corrected chi connectivity index (χ3v) is 3.75. The fraction of sp³-hybridized carbons (Fsp3) is 0.833. The molecular weight excluding hydrogens is 240 g/mol. The van der Waals surface area contributed by atoms with E-state index in [2.05, 4.69) is 0 Å². The number of hydrogen-bond donors (Lipinski definition) is 0. The van der Waals surface area contributed by atoms with Crippen LogP contribution in [0.1, 0.15) is 40.5 Å². The fourth-order valence-electron chi connectivity index (χ4n) is 1.59. The Morgan fingerprint density at radius 2 is 1.71 bits per heavy atom. The van der Waals surface area contributed by atoms with Crippen molar-refractivity contribution in [3.8, 4) is 0 Å². The van der Waals surface area contributed by atoms with E-state index in [0.29, 0.717) is 19.4 Å². The molecule has 0 saturated carbocycles. The van der Waals surface area contributed by atoms with E-state index >= 15 is 0 Å². The van der Waals surface area contributed by atoms with Crippen molar-refractivity contribution in [3.63, 3.8) is 0 Å². The first kappa shape index (κ1) is 14.4.